The molecule has 2 aromatic carbocycles. The highest BCUT2D eigenvalue weighted by Crippen LogP contribution is 2.37. The normalized spacial score (nSPS) is 18.6. The lowest BCUT2D eigenvalue weighted by Crippen LogP contribution is -2.47. The molecule has 1 atom stereocenters. The van der Waals surface area contributed by atoms with E-state index in [1.54, 1.807) is 29.8 Å². The molecule has 1 amide bonds. The number of nitrogens with zero attached hydrogens (tertiary/aromatic N) is 1. The van der Waals surface area contributed by atoms with Crippen LogP contribution in [0.3, 0.4) is 0 Å². The number of phenolic OH excluding ortho intramolecular Hbond substituents is 1. The van der Waals surface area contributed by atoms with Crippen molar-refractivity contribution in [1.29, 1.82) is 0 Å². The third kappa shape index (κ3) is 3.73. The van der Waals surface area contributed by atoms with Crippen molar-refractivity contribution in [2.75, 3.05) is 13.2 Å². The van der Waals surface area contributed by atoms with Crippen molar-refractivity contribution < 1.29 is 28.9 Å². The molecule has 174 valence electrons. The number of ether oxygens (including phenoxy) is 1. The van der Waals surface area contributed by atoms with E-state index in [9.17, 15) is 19.8 Å². The van der Waals surface area contributed by atoms with Crippen LogP contribution in [-0.4, -0.2) is 39.9 Å². The van der Waals surface area contributed by atoms with Crippen LogP contribution in [-0.2, 0) is 27.5 Å². The van der Waals surface area contributed by atoms with Crippen LogP contribution in [0.1, 0.15) is 41.9 Å². The molecule has 1 aliphatic heterocycles. The number of carboxylic acids is 1. The van der Waals surface area contributed by atoms with Crippen LogP contribution in [0.15, 0.2) is 36.4 Å². The Morgan fingerprint density at radius 1 is 1.24 bits per heavy atom. The highest BCUT2D eigenvalue weighted by atomic mass is 35.5. The predicted octanol–water partition coefficient (Wildman–Crippen LogP) is 4.08. The molecule has 0 radical (unpaired) electrons. The summed E-state index contributed by atoms with van der Waals surface area (Å²) in [4.78, 5) is 24.9. The van der Waals surface area contributed by atoms with Gasteiger partial charge in [-0.1, -0.05) is 23.7 Å². The molecule has 1 aromatic heterocycles. The van der Waals surface area contributed by atoms with Crippen molar-refractivity contribution in [3.8, 4) is 5.75 Å². The molecule has 0 bridgehead atoms. The average molecular weight is 475 g/mol. The van der Waals surface area contributed by atoms with Gasteiger partial charge in [-0.05, 0) is 43.7 Å². The third-order valence-electron chi connectivity index (χ3n) is 6.49. The molecule has 1 aliphatic rings. The monoisotopic (exact) mass is 474 g/mol. The first-order valence-electron chi connectivity index (χ1n) is 10.4. The van der Waals surface area contributed by atoms with Crippen molar-refractivity contribution in [2.45, 2.75) is 31.2 Å². The first-order valence-corrected chi connectivity index (χ1v) is 10.8. The van der Waals surface area contributed by atoms with E-state index in [2.05, 4.69) is 5.32 Å². The van der Waals surface area contributed by atoms with Gasteiger partial charge in [0.05, 0.1) is 28.1 Å². The Hall–Kier alpha value is -3.10. The topological polar surface area (TPSA) is 101 Å². The number of fused-ring (bicyclic) bond motifs is 1. The van der Waals surface area contributed by atoms with E-state index in [-0.39, 0.29) is 28.6 Å². The van der Waals surface area contributed by atoms with Gasteiger partial charge in [-0.2, -0.15) is 0 Å². The summed E-state index contributed by atoms with van der Waals surface area (Å²) < 4.78 is 22.5. The number of rotatable bonds is 5. The number of aryl methyl sites for hydroxylation is 1. The zero-order valence-corrected chi connectivity index (χ0v) is 19.2. The maximum atomic E-state index is 15.3. The van der Waals surface area contributed by atoms with Gasteiger partial charge in [0.25, 0.3) is 5.91 Å². The molecule has 9 heteroatoms. The van der Waals surface area contributed by atoms with E-state index in [0.717, 1.165) is 0 Å². The number of hydrogen-bond acceptors (Lipinski definition) is 4. The van der Waals surface area contributed by atoms with Crippen LogP contribution in [0.2, 0.25) is 5.02 Å². The Bertz CT molecular complexity index is 1280. The van der Waals surface area contributed by atoms with E-state index < -0.39 is 28.6 Å². The summed E-state index contributed by atoms with van der Waals surface area (Å²) >= 11 is 6.20. The minimum Gasteiger partial charge on any atom is -0.506 e. The van der Waals surface area contributed by atoms with Crippen LogP contribution in [0.5, 0.6) is 5.75 Å². The fourth-order valence-electron chi connectivity index (χ4n) is 4.22. The maximum Gasteiger partial charge on any atom is 0.313 e. The van der Waals surface area contributed by atoms with Gasteiger partial charge in [-0.15, -0.1) is 0 Å². The first-order chi connectivity index (χ1) is 15.5. The number of aromatic hydroxyl groups is 1. The van der Waals surface area contributed by atoms with E-state index in [0.29, 0.717) is 29.5 Å². The van der Waals surface area contributed by atoms with Crippen molar-refractivity contribution >= 4 is 34.4 Å². The molecular weight excluding hydrogens is 451 g/mol. The van der Waals surface area contributed by atoms with Crippen LogP contribution in [0.25, 0.3) is 10.9 Å². The van der Waals surface area contributed by atoms with E-state index in [1.807, 2.05) is 0 Å². The van der Waals surface area contributed by atoms with Gasteiger partial charge < -0.3 is 24.8 Å². The second-order valence-electron chi connectivity index (χ2n) is 8.88. The number of phenols is 1. The molecule has 4 rings (SSSR count). The summed E-state index contributed by atoms with van der Waals surface area (Å²) in [6.45, 7) is 3.41. The second-order valence-corrected chi connectivity index (χ2v) is 9.26. The molecule has 1 fully saturated rings. The number of aliphatic carboxylic acids is 1. The smallest absolute Gasteiger partial charge is 0.313 e. The number of carbonyl (C=O) groups excluding carboxylic acids is 1. The van der Waals surface area contributed by atoms with Gasteiger partial charge in [-0.25, -0.2) is 4.39 Å². The number of nitrogens with one attached hydrogen (secondary N) is 1. The molecule has 0 aliphatic carbocycles. The number of carbonyl (C=O) groups is 2. The molecule has 7 nitrogen and oxygen atoms in total. The summed E-state index contributed by atoms with van der Waals surface area (Å²) in [6.07, 6.45) is 0.350. The Kier molecular flexibility index (Phi) is 5.62. The minimum absolute atomic E-state index is 0.0722. The van der Waals surface area contributed by atoms with Gasteiger partial charge in [-0.3, -0.25) is 9.59 Å². The zero-order valence-electron chi connectivity index (χ0n) is 18.4. The molecular formula is C24H24ClFN2O5. The van der Waals surface area contributed by atoms with Crippen molar-refractivity contribution in [3.05, 3.63) is 64.1 Å². The SMILES string of the molecule is Cn1c(C(=O)NC2(c3ccc(C(C)(C)C(=O)O)cc3F)CCOC2)cc2c(Cl)c(O)ccc21. The molecule has 2 heterocycles. The summed E-state index contributed by atoms with van der Waals surface area (Å²) in [6, 6.07) is 8.97. The van der Waals surface area contributed by atoms with Gasteiger partial charge >= 0.3 is 5.97 Å². The summed E-state index contributed by atoms with van der Waals surface area (Å²) in [7, 11) is 1.70. The zero-order chi connectivity index (χ0) is 24.1. The molecule has 3 N–H and O–H groups in total. The van der Waals surface area contributed by atoms with Crippen LogP contribution >= 0.6 is 11.6 Å². The molecule has 1 unspecified atom stereocenters. The predicted molar refractivity (Wildman–Crippen MR) is 121 cm³/mol. The summed E-state index contributed by atoms with van der Waals surface area (Å²) in [5.41, 5.74) is -0.891. The number of aromatic nitrogens is 1. The number of benzene rings is 2. The number of carboxylic acid groups (broad SMARTS) is 1. The van der Waals surface area contributed by atoms with Crippen LogP contribution in [0.4, 0.5) is 4.39 Å². The average Bonchev–Trinajstić information content (AvgIpc) is 3.36. The highest BCUT2D eigenvalue weighted by Gasteiger charge is 2.41. The molecule has 0 saturated carbocycles. The van der Waals surface area contributed by atoms with E-state index >= 15 is 4.39 Å². The largest absolute Gasteiger partial charge is 0.506 e. The van der Waals surface area contributed by atoms with Gasteiger partial charge in [0.1, 0.15) is 17.3 Å². The lowest BCUT2D eigenvalue weighted by atomic mass is 9.81. The fourth-order valence-corrected chi connectivity index (χ4v) is 4.44. The standard InChI is InChI=1S/C24H24ClFN2O5/c1-23(2,22(31)32)13-4-5-15(16(26)10-13)24(8-9-33-12-24)27-21(30)18-11-14-17(28(18)3)6-7-19(29)20(14)25/h4-7,10-11,29H,8-9,12H2,1-3H3,(H,27,30)(H,31,32). The molecule has 33 heavy (non-hydrogen) atoms. The van der Waals surface area contributed by atoms with E-state index in [4.69, 9.17) is 16.3 Å². The maximum absolute atomic E-state index is 15.3. The summed E-state index contributed by atoms with van der Waals surface area (Å²) in [5, 5.41) is 22.9. The lowest BCUT2D eigenvalue weighted by molar-refractivity contribution is -0.142. The lowest BCUT2D eigenvalue weighted by Gasteiger charge is -2.31. The van der Waals surface area contributed by atoms with Gasteiger partial charge in [0.2, 0.25) is 0 Å². The third-order valence-corrected chi connectivity index (χ3v) is 6.89. The number of halogens is 2. The summed E-state index contributed by atoms with van der Waals surface area (Å²) in [5.74, 6) is -2.22. The quantitative estimate of drug-likeness (QED) is 0.517. The van der Waals surface area contributed by atoms with Gasteiger partial charge in [0.15, 0.2) is 0 Å². The van der Waals surface area contributed by atoms with Crippen molar-refractivity contribution in [3.63, 3.8) is 0 Å². The number of amides is 1. The van der Waals surface area contributed by atoms with Gasteiger partial charge in [0, 0.05) is 31.0 Å². The Balaban J connectivity index is 1.72. The van der Waals surface area contributed by atoms with Crippen LogP contribution in [0, 0.1) is 5.82 Å². The fraction of sp³-hybridized carbons (Fsp3) is 0.333. The van der Waals surface area contributed by atoms with Crippen LogP contribution < -0.4 is 5.32 Å². The molecule has 3 aromatic rings. The Morgan fingerprint density at radius 2 is 1.97 bits per heavy atom. The van der Waals surface area contributed by atoms with E-state index in [1.165, 1.54) is 32.0 Å². The Morgan fingerprint density at radius 3 is 2.58 bits per heavy atom. The van der Waals surface area contributed by atoms with Crippen molar-refractivity contribution in [1.82, 2.24) is 9.88 Å². The minimum atomic E-state index is -1.27. The highest BCUT2D eigenvalue weighted by molar-refractivity contribution is 6.37. The second kappa shape index (κ2) is 8.04. The molecule has 0 spiro atoms. The molecule has 1 saturated heterocycles. The Labute approximate surface area is 194 Å². The van der Waals surface area contributed by atoms with Crippen molar-refractivity contribution in [2.24, 2.45) is 7.05 Å². The number of hydrogen-bond donors (Lipinski definition) is 3. The first kappa shape index (κ1) is 23.1.